The summed E-state index contributed by atoms with van der Waals surface area (Å²) < 4.78 is 25.0. The molecule has 0 aliphatic carbocycles. The van der Waals surface area contributed by atoms with Crippen LogP contribution in [0, 0.1) is 0 Å². The Morgan fingerprint density at radius 3 is 2.73 bits per heavy atom. The minimum absolute atomic E-state index is 0.110. The predicted molar refractivity (Wildman–Crippen MR) is 55.1 cm³/mol. The monoisotopic (exact) mass is 225 g/mol. The van der Waals surface area contributed by atoms with Gasteiger partial charge in [-0.15, -0.1) is 0 Å². The van der Waals surface area contributed by atoms with Crippen molar-refractivity contribution in [2.24, 2.45) is 0 Å². The van der Waals surface area contributed by atoms with Gasteiger partial charge in [0.2, 0.25) is 0 Å². The Bertz CT molecular complexity index is 519. The van der Waals surface area contributed by atoms with E-state index in [2.05, 4.69) is 0 Å². The molecule has 0 bridgehead atoms. The van der Waals surface area contributed by atoms with Crippen LogP contribution in [-0.4, -0.2) is 14.3 Å². The second-order valence-electron chi connectivity index (χ2n) is 3.47. The molecule has 1 aliphatic rings. The first-order valence-electron chi connectivity index (χ1n) is 4.75. The molecule has 0 radical (unpaired) electrons. The summed E-state index contributed by atoms with van der Waals surface area (Å²) in [5.74, 6) is -0.506. The van der Waals surface area contributed by atoms with E-state index in [1.807, 2.05) is 11.6 Å². The summed E-state index contributed by atoms with van der Waals surface area (Å²) in [5.41, 5.74) is 1.12. The average molecular weight is 225 g/mol. The number of hydrogen-bond donors (Lipinski definition) is 1. The molecule has 5 heteroatoms. The molecule has 2 rings (SSSR count). The van der Waals surface area contributed by atoms with Crippen molar-refractivity contribution in [3.05, 3.63) is 29.3 Å². The molecule has 1 amide bonds. The summed E-state index contributed by atoms with van der Waals surface area (Å²) in [6.45, 7) is 1.99. The van der Waals surface area contributed by atoms with Gasteiger partial charge in [-0.1, -0.05) is 25.5 Å². The van der Waals surface area contributed by atoms with Gasteiger partial charge in [-0.25, -0.2) is 13.1 Å². The summed E-state index contributed by atoms with van der Waals surface area (Å²) in [4.78, 5) is 11.6. The number of aryl methyl sites for hydroxylation is 1. The quantitative estimate of drug-likeness (QED) is 0.819. The van der Waals surface area contributed by atoms with E-state index in [0.717, 1.165) is 12.0 Å². The van der Waals surface area contributed by atoms with E-state index in [-0.39, 0.29) is 4.90 Å². The van der Waals surface area contributed by atoms with E-state index in [1.54, 1.807) is 12.1 Å². The number of nitrogens with one attached hydrogen (secondary N) is 1. The average Bonchev–Trinajstić information content (AvgIpc) is 2.39. The fourth-order valence-electron chi connectivity index (χ4n) is 1.76. The SMILES string of the molecule is CCCc1cccc2c1C(=O)NS2(=O)=O. The molecule has 0 saturated heterocycles. The van der Waals surface area contributed by atoms with E-state index >= 15 is 0 Å². The Kier molecular flexibility index (Phi) is 2.26. The van der Waals surface area contributed by atoms with Crippen LogP contribution in [0.25, 0.3) is 0 Å². The van der Waals surface area contributed by atoms with E-state index in [9.17, 15) is 13.2 Å². The van der Waals surface area contributed by atoms with Gasteiger partial charge in [0.15, 0.2) is 0 Å². The molecule has 1 aromatic rings. The maximum absolute atomic E-state index is 11.5. The van der Waals surface area contributed by atoms with E-state index < -0.39 is 15.9 Å². The molecule has 1 N–H and O–H groups in total. The zero-order valence-electron chi connectivity index (χ0n) is 8.28. The fourth-order valence-corrected chi connectivity index (χ4v) is 2.97. The fraction of sp³-hybridized carbons (Fsp3) is 0.300. The molecule has 0 unspecified atom stereocenters. The molecule has 15 heavy (non-hydrogen) atoms. The maximum Gasteiger partial charge on any atom is 0.266 e. The first-order valence-corrected chi connectivity index (χ1v) is 6.23. The summed E-state index contributed by atoms with van der Waals surface area (Å²) in [6, 6.07) is 4.92. The van der Waals surface area contributed by atoms with Crippen LogP contribution in [0.2, 0.25) is 0 Å². The van der Waals surface area contributed by atoms with Gasteiger partial charge in [0.05, 0.1) is 5.56 Å². The number of carbonyl (C=O) groups excluding carboxylic acids is 1. The van der Waals surface area contributed by atoms with Crippen LogP contribution in [0.1, 0.15) is 29.3 Å². The van der Waals surface area contributed by atoms with Crippen LogP contribution < -0.4 is 4.72 Å². The minimum atomic E-state index is -3.60. The zero-order chi connectivity index (χ0) is 11.1. The van der Waals surface area contributed by atoms with Crippen molar-refractivity contribution in [2.75, 3.05) is 0 Å². The highest BCUT2D eigenvalue weighted by atomic mass is 32.2. The Morgan fingerprint density at radius 1 is 1.33 bits per heavy atom. The predicted octanol–water partition coefficient (Wildman–Crippen LogP) is 1.07. The number of amides is 1. The Balaban J connectivity index is 2.67. The molecule has 0 atom stereocenters. The lowest BCUT2D eigenvalue weighted by molar-refractivity contribution is 0.0984. The molecular weight excluding hydrogens is 214 g/mol. The largest absolute Gasteiger partial charge is 0.268 e. The summed E-state index contributed by atoms with van der Waals surface area (Å²) >= 11 is 0. The number of carbonyl (C=O) groups is 1. The Morgan fingerprint density at radius 2 is 2.07 bits per heavy atom. The van der Waals surface area contributed by atoms with Gasteiger partial charge in [-0.05, 0) is 18.1 Å². The molecule has 0 aromatic heterocycles. The first-order chi connectivity index (χ1) is 7.06. The van der Waals surface area contributed by atoms with Crippen molar-refractivity contribution in [1.29, 1.82) is 0 Å². The Labute approximate surface area is 88.4 Å². The van der Waals surface area contributed by atoms with Gasteiger partial charge < -0.3 is 0 Å². The molecule has 0 saturated carbocycles. The number of benzene rings is 1. The lowest BCUT2D eigenvalue weighted by Crippen LogP contribution is -2.21. The van der Waals surface area contributed by atoms with Crippen molar-refractivity contribution in [3.63, 3.8) is 0 Å². The number of sulfonamides is 1. The molecular formula is C10H11NO3S. The van der Waals surface area contributed by atoms with Crippen LogP contribution in [0.15, 0.2) is 23.1 Å². The molecule has 1 aliphatic heterocycles. The lowest BCUT2D eigenvalue weighted by atomic mass is 10.0. The lowest BCUT2D eigenvalue weighted by Gasteiger charge is -2.02. The van der Waals surface area contributed by atoms with E-state index in [4.69, 9.17) is 0 Å². The van der Waals surface area contributed by atoms with E-state index in [0.29, 0.717) is 12.0 Å². The third-order valence-corrected chi connectivity index (χ3v) is 3.75. The van der Waals surface area contributed by atoms with Gasteiger partial charge in [-0.2, -0.15) is 0 Å². The third-order valence-electron chi connectivity index (χ3n) is 2.38. The van der Waals surface area contributed by atoms with Gasteiger partial charge in [0, 0.05) is 0 Å². The topological polar surface area (TPSA) is 63.2 Å². The van der Waals surface area contributed by atoms with Crippen molar-refractivity contribution in [1.82, 2.24) is 4.72 Å². The second-order valence-corrected chi connectivity index (χ2v) is 5.13. The van der Waals surface area contributed by atoms with Crippen molar-refractivity contribution < 1.29 is 13.2 Å². The smallest absolute Gasteiger partial charge is 0.266 e. The summed E-state index contributed by atoms with van der Waals surface area (Å²) in [6.07, 6.45) is 1.59. The zero-order valence-corrected chi connectivity index (χ0v) is 9.10. The van der Waals surface area contributed by atoms with Gasteiger partial charge in [0.25, 0.3) is 15.9 Å². The second kappa shape index (κ2) is 3.34. The molecule has 1 heterocycles. The first kappa shape index (κ1) is 10.2. The maximum atomic E-state index is 11.5. The van der Waals surface area contributed by atoms with Gasteiger partial charge in [0.1, 0.15) is 4.90 Å². The third kappa shape index (κ3) is 1.52. The van der Waals surface area contributed by atoms with Crippen LogP contribution in [-0.2, 0) is 16.4 Å². The van der Waals surface area contributed by atoms with Gasteiger partial charge in [-0.3, -0.25) is 4.79 Å². The van der Waals surface area contributed by atoms with Crippen molar-refractivity contribution >= 4 is 15.9 Å². The normalized spacial score (nSPS) is 17.3. The summed E-state index contributed by atoms with van der Waals surface area (Å²) in [5, 5.41) is 0. The number of hydrogen-bond acceptors (Lipinski definition) is 3. The molecule has 1 aromatic carbocycles. The molecule has 0 fully saturated rings. The minimum Gasteiger partial charge on any atom is -0.268 e. The van der Waals surface area contributed by atoms with Crippen LogP contribution in [0.4, 0.5) is 0 Å². The van der Waals surface area contributed by atoms with Crippen LogP contribution >= 0.6 is 0 Å². The number of fused-ring (bicyclic) bond motifs is 1. The standard InChI is InChI=1S/C10H11NO3S/c1-2-4-7-5-3-6-8-9(7)10(12)11-15(8,13)14/h3,5-6H,2,4H2,1H3,(H,11,12). The van der Waals surface area contributed by atoms with Crippen LogP contribution in [0.5, 0.6) is 0 Å². The van der Waals surface area contributed by atoms with Crippen LogP contribution in [0.3, 0.4) is 0 Å². The van der Waals surface area contributed by atoms with Crippen molar-refractivity contribution in [2.45, 2.75) is 24.7 Å². The number of rotatable bonds is 2. The molecule has 80 valence electrons. The van der Waals surface area contributed by atoms with Crippen molar-refractivity contribution in [3.8, 4) is 0 Å². The molecule has 0 spiro atoms. The highest BCUT2D eigenvalue weighted by molar-refractivity contribution is 7.90. The summed E-state index contributed by atoms with van der Waals surface area (Å²) in [7, 11) is -3.60. The highest BCUT2D eigenvalue weighted by Crippen LogP contribution is 2.26. The Hall–Kier alpha value is -1.36. The molecule has 4 nitrogen and oxygen atoms in total. The van der Waals surface area contributed by atoms with Gasteiger partial charge >= 0.3 is 0 Å². The van der Waals surface area contributed by atoms with E-state index in [1.165, 1.54) is 6.07 Å². The highest BCUT2D eigenvalue weighted by Gasteiger charge is 2.33.